The molecular formula is C11H15N3OS. The fourth-order valence-corrected chi connectivity index (χ4v) is 2.07. The Morgan fingerprint density at radius 3 is 2.88 bits per heavy atom. The molecule has 0 atom stereocenters. The lowest BCUT2D eigenvalue weighted by atomic mass is 10.1. The minimum atomic E-state index is -0.916. The molecule has 2 rings (SSSR count). The summed E-state index contributed by atoms with van der Waals surface area (Å²) in [5.41, 5.74) is 1.00. The van der Waals surface area contributed by atoms with Crippen molar-refractivity contribution in [3.63, 3.8) is 0 Å². The van der Waals surface area contributed by atoms with Crippen LogP contribution in [0.3, 0.4) is 0 Å². The zero-order valence-electron chi connectivity index (χ0n) is 9.42. The molecule has 4 nitrogen and oxygen atoms in total. The van der Waals surface area contributed by atoms with Crippen molar-refractivity contribution in [2.24, 2.45) is 0 Å². The Hall–Kier alpha value is -1.20. The van der Waals surface area contributed by atoms with Crippen molar-refractivity contribution in [2.75, 3.05) is 0 Å². The maximum absolute atomic E-state index is 9.74. The van der Waals surface area contributed by atoms with Crippen molar-refractivity contribution in [2.45, 2.75) is 32.4 Å². The van der Waals surface area contributed by atoms with E-state index in [1.165, 1.54) is 5.56 Å². The SMILES string of the molecule is CC(C)(O)c1cn(CCc2ccsc2)nn1. The Morgan fingerprint density at radius 2 is 2.31 bits per heavy atom. The van der Waals surface area contributed by atoms with Crippen molar-refractivity contribution in [3.05, 3.63) is 34.3 Å². The Balaban J connectivity index is 1.98. The molecule has 2 aromatic heterocycles. The highest BCUT2D eigenvalue weighted by Crippen LogP contribution is 2.16. The second-order valence-electron chi connectivity index (χ2n) is 4.31. The first-order chi connectivity index (χ1) is 7.55. The average molecular weight is 237 g/mol. The molecule has 0 aliphatic heterocycles. The topological polar surface area (TPSA) is 50.9 Å². The summed E-state index contributed by atoms with van der Waals surface area (Å²) < 4.78 is 1.77. The van der Waals surface area contributed by atoms with Gasteiger partial charge in [-0.25, -0.2) is 0 Å². The molecule has 5 heteroatoms. The summed E-state index contributed by atoms with van der Waals surface area (Å²) in [7, 11) is 0. The molecule has 1 N–H and O–H groups in total. The summed E-state index contributed by atoms with van der Waals surface area (Å²) in [6.45, 7) is 4.21. The summed E-state index contributed by atoms with van der Waals surface area (Å²) in [6, 6.07) is 2.11. The van der Waals surface area contributed by atoms with Crippen LogP contribution in [0.25, 0.3) is 0 Å². The number of nitrogens with zero attached hydrogens (tertiary/aromatic N) is 3. The van der Waals surface area contributed by atoms with Crippen LogP contribution in [0.5, 0.6) is 0 Å². The second-order valence-corrected chi connectivity index (χ2v) is 5.09. The normalized spacial score (nSPS) is 11.9. The molecule has 2 heterocycles. The maximum Gasteiger partial charge on any atom is 0.114 e. The predicted molar refractivity (Wildman–Crippen MR) is 63.3 cm³/mol. The predicted octanol–water partition coefficient (Wildman–Crippen LogP) is 1.81. The van der Waals surface area contributed by atoms with Crippen molar-refractivity contribution >= 4 is 11.3 Å². The molecule has 0 unspecified atom stereocenters. The van der Waals surface area contributed by atoms with Gasteiger partial charge in [0.1, 0.15) is 11.3 Å². The van der Waals surface area contributed by atoms with Gasteiger partial charge in [-0.2, -0.15) is 11.3 Å². The molecule has 0 aliphatic rings. The van der Waals surface area contributed by atoms with Crippen LogP contribution in [0, 0.1) is 0 Å². The van der Waals surface area contributed by atoms with Crippen LogP contribution in [0.15, 0.2) is 23.0 Å². The molecule has 0 saturated heterocycles. The van der Waals surface area contributed by atoms with Gasteiger partial charge in [-0.1, -0.05) is 5.21 Å². The highest BCUT2D eigenvalue weighted by Gasteiger charge is 2.19. The van der Waals surface area contributed by atoms with Gasteiger partial charge in [0.25, 0.3) is 0 Å². The summed E-state index contributed by atoms with van der Waals surface area (Å²) in [5.74, 6) is 0. The highest BCUT2D eigenvalue weighted by molar-refractivity contribution is 7.07. The van der Waals surface area contributed by atoms with Crippen LogP contribution < -0.4 is 0 Å². The standard InChI is InChI=1S/C11H15N3OS/c1-11(2,15)10-7-14(13-12-10)5-3-9-4-6-16-8-9/h4,6-8,15H,3,5H2,1-2H3. The molecule has 0 bridgehead atoms. The number of thiophene rings is 1. The quantitative estimate of drug-likeness (QED) is 0.882. The monoisotopic (exact) mass is 237 g/mol. The lowest BCUT2D eigenvalue weighted by Gasteiger charge is -2.11. The molecule has 0 aromatic carbocycles. The Morgan fingerprint density at radius 1 is 1.50 bits per heavy atom. The van der Waals surface area contributed by atoms with Gasteiger partial charge in [-0.3, -0.25) is 4.68 Å². The van der Waals surface area contributed by atoms with Crippen LogP contribution in [0.1, 0.15) is 25.1 Å². The number of aryl methyl sites for hydroxylation is 2. The lowest BCUT2D eigenvalue weighted by Crippen LogP contribution is -2.15. The number of hydrogen-bond acceptors (Lipinski definition) is 4. The molecule has 0 radical (unpaired) electrons. The van der Waals surface area contributed by atoms with Gasteiger partial charge in [0, 0.05) is 6.54 Å². The smallest absolute Gasteiger partial charge is 0.114 e. The van der Waals surface area contributed by atoms with Gasteiger partial charge < -0.3 is 5.11 Å². The summed E-state index contributed by atoms with van der Waals surface area (Å²) in [6.07, 6.45) is 2.74. The Bertz CT molecular complexity index is 442. The van der Waals surface area contributed by atoms with Crippen LogP contribution in [-0.2, 0) is 18.6 Å². The summed E-state index contributed by atoms with van der Waals surface area (Å²) in [5, 5.41) is 21.9. The van der Waals surface area contributed by atoms with Gasteiger partial charge >= 0.3 is 0 Å². The van der Waals surface area contributed by atoms with Gasteiger partial charge in [0.15, 0.2) is 0 Å². The maximum atomic E-state index is 9.74. The average Bonchev–Trinajstić information content (AvgIpc) is 2.85. The van der Waals surface area contributed by atoms with E-state index in [-0.39, 0.29) is 0 Å². The van der Waals surface area contributed by atoms with E-state index in [2.05, 4.69) is 27.1 Å². The zero-order chi connectivity index (χ0) is 11.6. The fourth-order valence-electron chi connectivity index (χ4n) is 1.37. The van der Waals surface area contributed by atoms with Crippen molar-refractivity contribution in [1.82, 2.24) is 15.0 Å². The fraction of sp³-hybridized carbons (Fsp3) is 0.455. The van der Waals surface area contributed by atoms with E-state index in [9.17, 15) is 5.11 Å². The van der Waals surface area contributed by atoms with Gasteiger partial charge in [0.05, 0.1) is 6.20 Å². The summed E-state index contributed by atoms with van der Waals surface area (Å²) >= 11 is 1.70. The molecule has 86 valence electrons. The molecule has 0 saturated carbocycles. The molecule has 0 aliphatic carbocycles. The third-order valence-corrected chi connectivity index (χ3v) is 3.11. The lowest BCUT2D eigenvalue weighted by molar-refractivity contribution is 0.0737. The van der Waals surface area contributed by atoms with E-state index in [1.807, 2.05) is 0 Å². The van der Waals surface area contributed by atoms with E-state index in [4.69, 9.17) is 0 Å². The van der Waals surface area contributed by atoms with Crippen molar-refractivity contribution in [3.8, 4) is 0 Å². The molecule has 16 heavy (non-hydrogen) atoms. The minimum absolute atomic E-state index is 0.609. The second kappa shape index (κ2) is 4.35. The molecule has 0 spiro atoms. The third kappa shape index (κ3) is 2.68. The molecule has 0 amide bonds. The Labute approximate surface area is 98.5 Å². The minimum Gasteiger partial charge on any atom is -0.384 e. The number of hydrogen-bond donors (Lipinski definition) is 1. The summed E-state index contributed by atoms with van der Waals surface area (Å²) in [4.78, 5) is 0. The largest absolute Gasteiger partial charge is 0.384 e. The zero-order valence-corrected chi connectivity index (χ0v) is 10.2. The molecular weight excluding hydrogens is 222 g/mol. The first-order valence-electron chi connectivity index (χ1n) is 5.20. The number of aromatic nitrogens is 3. The van der Waals surface area contributed by atoms with Crippen molar-refractivity contribution in [1.29, 1.82) is 0 Å². The van der Waals surface area contributed by atoms with Gasteiger partial charge in [0.2, 0.25) is 0 Å². The van der Waals surface area contributed by atoms with E-state index in [0.717, 1.165) is 13.0 Å². The Kier molecular flexibility index (Phi) is 3.07. The van der Waals surface area contributed by atoms with Crippen LogP contribution >= 0.6 is 11.3 Å². The van der Waals surface area contributed by atoms with Crippen LogP contribution in [0.2, 0.25) is 0 Å². The number of rotatable bonds is 4. The third-order valence-electron chi connectivity index (χ3n) is 2.38. The molecule has 0 fully saturated rings. The molecule has 2 aromatic rings. The van der Waals surface area contributed by atoms with E-state index in [0.29, 0.717) is 5.69 Å². The first-order valence-corrected chi connectivity index (χ1v) is 6.14. The van der Waals surface area contributed by atoms with Gasteiger partial charge in [-0.15, -0.1) is 5.10 Å². The van der Waals surface area contributed by atoms with Crippen LogP contribution in [-0.4, -0.2) is 20.1 Å². The van der Waals surface area contributed by atoms with E-state index in [1.54, 1.807) is 36.1 Å². The van der Waals surface area contributed by atoms with E-state index < -0.39 is 5.60 Å². The van der Waals surface area contributed by atoms with E-state index >= 15 is 0 Å². The first kappa shape index (κ1) is 11.3. The number of aliphatic hydroxyl groups is 1. The van der Waals surface area contributed by atoms with Crippen LogP contribution in [0.4, 0.5) is 0 Å². The highest BCUT2D eigenvalue weighted by atomic mass is 32.1. The van der Waals surface area contributed by atoms with Gasteiger partial charge in [-0.05, 0) is 42.7 Å². The van der Waals surface area contributed by atoms with Crippen molar-refractivity contribution < 1.29 is 5.11 Å².